The Bertz CT molecular complexity index is 529. The molecule has 0 N–H and O–H groups in total. The van der Waals surface area contributed by atoms with E-state index in [1.54, 1.807) is 24.3 Å². The highest BCUT2D eigenvalue weighted by atomic mass is 16.5. The first kappa shape index (κ1) is 18.1. The zero-order chi connectivity index (χ0) is 16.5. The van der Waals surface area contributed by atoms with Gasteiger partial charge in [0.2, 0.25) is 0 Å². The van der Waals surface area contributed by atoms with E-state index in [-0.39, 0.29) is 5.78 Å². The maximum Gasteiger partial charge on any atom is 0.338 e. The van der Waals surface area contributed by atoms with Crippen LogP contribution >= 0.6 is 0 Å². The van der Waals surface area contributed by atoms with Gasteiger partial charge >= 0.3 is 5.97 Å². The molecule has 0 bridgehead atoms. The maximum atomic E-state index is 12.1. The van der Waals surface area contributed by atoms with Gasteiger partial charge in [-0.1, -0.05) is 51.1 Å². The molecule has 0 saturated carbocycles. The number of Topliss-reactive ketones (excluding diaryl/α,β-unsaturated/α-hetero) is 1. The predicted molar refractivity (Wildman–Crippen MR) is 89.1 cm³/mol. The van der Waals surface area contributed by atoms with Gasteiger partial charge in [0, 0.05) is 5.56 Å². The van der Waals surface area contributed by atoms with E-state index in [2.05, 4.69) is 32.9 Å². The molecule has 0 aliphatic carbocycles. The Morgan fingerprint density at radius 3 is 2.36 bits per heavy atom. The molecule has 22 heavy (non-hydrogen) atoms. The van der Waals surface area contributed by atoms with Crippen LogP contribution < -0.4 is 0 Å². The molecule has 1 atom stereocenters. The van der Waals surface area contributed by atoms with Gasteiger partial charge in [-0.3, -0.25) is 4.79 Å². The number of rotatable bonds is 8. The van der Waals surface area contributed by atoms with Crippen molar-refractivity contribution < 1.29 is 14.3 Å². The summed E-state index contributed by atoms with van der Waals surface area (Å²) in [6.07, 6.45) is 6.19. The molecule has 0 heterocycles. The monoisotopic (exact) mass is 302 g/mol. The Morgan fingerprint density at radius 2 is 1.77 bits per heavy atom. The van der Waals surface area contributed by atoms with Crippen molar-refractivity contribution in [1.29, 1.82) is 0 Å². The quantitative estimate of drug-likeness (QED) is 0.398. The average Bonchev–Trinajstić information content (AvgIpc) is 2.46. The number of carbonyl (C=O) groups excluding carboxylic acids is 2. The molecule has 0 aliphatic heterocycles. The van der Waals surface area contributed by atoms with E-state index in [0.717, 1.165) is 12.8 Å². The maximum absolute atomic E-state index is 12.1. The minimum atomic E-state index is -0.427. The van der Waals surface area contributed by atoms with E-state index < -0.39 is 5.97 Å². The summed E-state index contributed by atoms with van der Waals surface area (Å²) < 4.78 is 5.29. The van der Waals surface area contributed by atoms with Crippen LogP contribution in [0.4, 0.5) is 0 Å². The van der Waals surface area contributed by atoms with Gasteiger partial charge in [-0.25, -0.2) is 4.79 Å². The molecule has 0 spiro atoms. The van der Waals surface area contributed by atoms with Crippen molar-refractivity contribution in [2.75, 3.05) is 6.61 Å². The zero-order valence-corrected chi connectivity index (χ0v) is 14.0. The molecule has 120 valence electrons. The number of hydrogen-bond acceptors (Lipinski definition) is 3. The third kappa shape index (κ3) is 6.25. The standard InChI is InChI=1S/C19H26O3/c1-14(2)8-7-9-15(3)12-13-22-19(21)18-11-6-5-10-17(18)16(4)20/h5-7,9-11,14-15H,8,12-13H2,1-4H3. The minimum Gasteiger partial charge on any atom is -0.462 e. The second-order valence-electron chi connectivity index (χ2n) is 6.06. The molecule has 0 amide bonds. The molecule has 0 fully saturated rings. The third-order valence-electron chi connectivity index (χ3n) is 3.40. The summed E-state index contributed by atoms with van der Waals surface area (Å²) in [5, 5.41) is 0. The fraction of sp³-hybridized carbons (Fsp3) is 0.474. The molecule has 1 rings (SSSR count). The fourth-order valence-electron chi connectivity index (χ4n) is 2.06. The van der Waals surface area contributed by atoms with Gasteiger partial charge in [-0.05, 0) is 37.7 Å². The summed E-state index contributed by atoms with van der Waals surface area (Å²) in [5.74, 6) is 0.473. The van der Waals surface area contributed by atoms with E-state index in [0.29, 0.717) is 29.6 Å². The van der Waals surface area contributed by atoms with Crippen LogP contribution in [-0.4, -0.2) is 18.4 Å². The average molecular weight is 302 g/mol. The van der Waals surface area contributed by atoms with Gasteiger partial charge < -0.3 is 4.74 Å². The van der Waals surface area contributed by atoms with E-state index in [4.69, 9.17) is 4.74 Å². The first-order valence-corrected chi connectivity index (χ1v) is 7.85. The third-order valence-corrected chi connectivity index (χ3v) is 3.40. The zero-order valence-electron chi connectivity index (χ0n) is 14.0. The Balaban J connectivity index is 2.47. The molecular weight excluding hydrogens is 276 g/mol. The lowest BCUT2D eigenvalue weighted by Crippen LogP contribution is -2.12. The Hall–Kier alpha value is -1.90. The van der Waals surface area contributed by atoms with Crippen molar-refractivity contribution in [3.63, 3.8) is 0 Å². The summed E-state index contributed by atoms with van der Waals surface area (Å²) in [4.78, 5) is 23.6. The number of hydrogen-bond donors (Lipinski definition) is 0. The van der Waals surface area contributed by atoms with Crippen LogP contribution in [0.3, 0.4) is 0 Å². The molecule has 1 aromatic rings. The molecule has 1 aromatic carbocycles. The Morgan fingerprint density at radius 1 is 1.14 bits per heavy atom. The Labute approximate surface area is 133 Å². The van der Waals surface area contributed by atoms with Crippen LogP contribution in [0.25, 0.3) is 0 Å². The first-order valence-electron chi connectivity index (χ1n) is 7.85. The Kier molecular flexibility index (Phi) is 7.58. The lowest BCUT2D eigenvalue weighted by molar-refractivity contribution is 0.0488. The van der Waals surface area contributed by atoms with Gasteiger partial charge in [0.25, 0.3) is 0 Å². The van der Waals surface area contributed by atoms with Crippen molar-refractivity contribution in [2.24, 2.45) is 11.8 Å². The molecule has 0 aromatic heterocycles. The second-order valence-corrected chi connectivity index (χ2v) is 6.06. The summed E-state index contributed by atoms with van der Waals surface area (Å²) in [7, 11) is 0. The van der Waals surface area contributed by atoms with Crippen molar-refractivity contribution >= 4 is 11.8 Å². The number of esters is 1. The molecule has 3 nitrogen and oxygen atoms in total. The van der Waals surface area contributed by atoms with Crippen molar-refractivity contribution in [3.8, 4) is 0 Å². The highest BCUT2D eigenvalue weighted by Gasteiger charge is 2.15. The molecule has 0 aliphatic rings. The lowest BCUT2D eigenvalue weighted by Gasteiger charge is -2.10. The predicted octanol–water partition coefficient (Wildman–Crippen LogP) is 4.67. The van der Waals surface area contributed by atoms with Gasteiger partial charge in [0.05, 0.1) is 12.2 Å². The first-order chi connectivity index (χ1) is 10.4. The minimum absolute atomic E-state index is 0.127. The van der Waals surface area contributed by atoms with E-state index >= 15 is 0 Å². The smallest absolute Gasteiger partial charge is 0.338 e. The van der Waals surface area contributed by atoms with Crippen LogP contribution in [0.15, 0.2) is 36.4 Å². The summed E-state index contributed by atoms with van der Waals surface area (Å²) >= 11 is 0. The number of ketones is 1. The number of allylic oxidation sites excluding steroid dienone is 2. The van der Waals surface area contributed by atoms with Crippen molar-refractivity contribution in [2.45, 2.75) is 40.5 Å². The number of carbonyl (C=O) groups is 2. The topological polar surface area (TPSA) is 43.4 Å². The molecule has 1 unspecified atom stereocenters. The highest BCUT2D eigenvalue weighted by molar-refractivity contribution is 6.05. The van der Waals surface area contributed by atoms with Crippen molar-refractivity contribution in [1.82, 2.24) is 0 Å². The molecule has 3 heteroatoms. The normalized spacial score (nSPS) is 12.6. The van der Waals surface area contributed by atoms with Crippen LogP contribution in [-0.2, 0) is 4.74 Å². The van der Waals surface area contributed by atoms with Crippen LogP contribution in [0.5, 0.6) is 0 Å². The van der Waals surface area contributed by atoms with E-state index in [1.165, 1.54) is 6.92 Å². The van der Waals surface area contributed by atoms with Crippen LogP contribution in [0, 0.1) is 11.8 Å². The molecular formula is C19H26O3. The largest absolute Gasteiger partial charge is 0.462 e. The van der Waals surface area contributed by atoms with Crippen LogP contribution in [0.2, 0.25) is 0 Å². The number of benzene rings is 1. The van der Waals surface area contributed by atoms with Gasteiger partial charge in [0.15, 0.2) is 5.78 Å². The second kappa shape index (κ2) is 9.19. The fourth-order valence-corrected chi connectivity index (χ4v) is 2.06. The van der Waals surface area contributed by atoms with Gasteiger partial charge in [-0.15, -0.1) is 0 Å². The van der Waals surface area contributed by atoms with E-state index in [1.807, 2.05) is 0 Å². The highest BCUT2D eigenvalue weighted by Crippen LogP contribution is 2.13. The molecule has 0 radical (unpaired) electrons. The van der Waals surface area contributed by atoms with Crippen molar-refractivity contribution in [3.05, 3.63) is 47.5 Å². The molecule has 0 saturated heterocycles. The van der Waals surface area contributed by atoms with Gasteiger partial charge in [0.1, 0.15) is 0 Å². The summed E-state index contributed by atoms with van der Waals surface area (Å²) in [6, 6.07) is 6.76. The number of ether oxygens (including phenoxy) is 1. The summed E-state index contributed by atoms with van der Waals surface area (Å²) in [6.45, 7) is 8.28. The lowest BCUT2D eigenvalue weighted by atomic mass is 10.0. The SMILES string of the molecule is CC(=O)c1ccccc1C(=O)OCCC(C)C=CCC(C)C. The van der Waals surface area contributed by atoms with Gasteiger partial charge in [-0.2, -0.15) is 0 Å². The van der Waals surface area contributed by atoms with Crippen LogP contribution in [0.1, 0.15) is 61.3 Å². The van der Waals surface area contributed by atoms with E-state index in [9.17, 15) is 9.59 Å². The summed E-state index contributed by atoms with van der Waals surface area (Å²) in [5.41, 5.74) is 0.760.